The lowest BCUT2D eigenvalue weighted by Crippen LogP contribution is -2.37. The summed E-state index contributed by atoms with van der Waals surface area (Å²) in [6.07, 6.45) is 9.16. The van der Waals surface area contributed by atoms with Crippen molar-refractivity contribution >= 4 is 16.6 Å². The second kappa shape index (κ2) is 7.12. The Morgan fingerprint density at radius 1 is 1.07 bits per heavy atom. The van der Waals surface area contributed by atoms with E-state index in [4.69, 9.17) is 0 Å². The number of aromatic nitrogens is 6. The maximum Gasteiger partial charge on any atom is 0.261 e. The molecule has 5 rings (SSSR count). The van der Waals surface area contributed by atoms with Gasteiger partial charge in [-0.15, -0.1) is 10.2 Å². The third-order valence-electron chi connectivity index (χ3n) is 5.58. The number of benzene rings is 1. The molecule has 0 unspecified atom stereocenters. The summed E-state index contributed by atoms with van der Waals surface area (Å²) in [5.74, 6) is 1.42. The first-order valence-electron chi connectivity index (χ1n) is 9.61. The van der Waals surface area contributed by atoms with Crippen LogP contribution in [0.25, 0.3) is 16.6 Å². The summed E-state index contributed by atoms with van der Waals surface area (Å²) in [5.41, 5.74) is 1.58. The topological polar surface area (TPSA) is 81.2 Å². The van der Waals surface area contributed by atoms with Gasteiger partial charge in [0, 0.05) is 31.4 Å². The fraction of sp³-hybridized carbons (Fsp3) is 0.350. The van der Waals surface area contributed by atoms with Crippen LogP contribution >= 0.6 is 0 Å². The standard InChI is InChI=1S/C20H21N7O/c28-20-16-3-1-2-4-17(16)22-14-26(20)12-11-25-8-5-15(6-9-25)19-24-23-18-13-21-7-10-27(18)19/h1-4,7,10,13-15H,5-6,8-9,11-12H2. The molecule has 0 bridgehead atoms. The molecule has 1 aliphatic rings. The Morgan fingerprint density at radius 2 is 1.93 bits per heavy atom. The Morgan fingerprint density at radius 3 is 2.82 bits per heavy atom. The van der Waals surface area contributed by atoms with Crippen LogP contribution in [0, 0.1) is 0 Å². The molecule has 0 saturated carbocycles. The zero-order valence-electron chi connectivity index (χ0n) is 15.5. The Hall–Kier alpha value is -3.13. The Labute approximate surface area is 161 Å². The number of likely N-dealkylation sites (tertiary alicyclic amines) is 1. The van der Waals surface area contributed by atoms with Gasteiger partial charge in [0.15, 0.2) is 5.65 Å². The van der Waals surface area contributed by atoms with Crippen LogP contribution in [0.5, 0.6) is 0 Å². The van der Waals surface area contributed by atoms with E-state index in [1.165, 1.54) is 0 Å². The van der Waals surface area contributed by atoms with Crippen molar-refractivity contribution in [1.29, 1.82) is 0 Å². The summed E-state index contributed by atoms with van der Waals surface area (Å²) in [4.78, 5) is 23.5. The van der Waals surface area contributed by atoms with Gasteiger partial charge in [-0.1, -0.05) is 12.1 Å². The van der Waals surface area contributed by atoms with E-state index in [1.54, 1.807) is 23.3 Å². The summed E-state index contributed by atoms with van der Waals surface area (Å²) < 4.78 is 3.75. The van der Waals surface area contributed by atoms with Crippen molar-refractivity contribution in [3.8, 4) is 0 Å². The Balaban J connectivity index is 1.23. The molecule has 1 aromatic carbocycles. The van der Waals surface area contributed by atoms with Gasteiger partial charge in [0.05, 0.1) is 23.4 Å². The van der Waals surface area contributed by atoms with Crippen molar-refractivity contribution in [2.75, 3.05) is 19.6 Å². The number of piperidine rings is 1. The molecule has 0 amide bonds. The van der Waals surface area contributed by atoms with E-state index in [1.807, 2.05) is 34.9 Å². The van der Waals surface area contributed by atoms with Crippen molar-refractivity contribution in [3.63, 3.8) is 0 Å². The minimum Gasteiger partial charge on any atom is -0.302 e. The van der Waals surface area contributed by atoms with Crippen molar-refractivity contribution < 1.29 is 0 Å². The minimum absolute atomic E-state index is 0.0315. The van der Waals surface area contributed by atoms with Crippen LogP contribution in [0.1, 0.15) is 24.6 Å². The van der Waals surface area contributed by atoms with Crippen molar-refractivity contribution in [2.24, 2.45) is 0 Å². The number of fused-ring (bicyclic) bond motifs is 2. The number of rotatable bonds is 4. The lowest BCUT2D eigenvalue weighted by Gasteiger charge is -2.31. The number of para-hydroxylation sites is 1. The molecule has 0 radical (unpaired) electrons. The van der Waals surface area contributed by atoms with Crippen LogP contribution in [0.4, 0.5) is 0 Å². The molecule has 4 heterocycles. The first-order valence-corrected chi connectivity index (χ1v) is 9.61. The molecule has 0 N–H and O–H groups in total. The molecule has 1 aliphatic heterocycles. The fourth-order valence-electron chi connectivity index (χ4n) is 3.98. The Kier molecular flexibility index (Phi) is 4.32. The second-order valence-electron chi connectivity index (χ2n) is 7.24. The highest BCUT2D eigenvalue weighted by Crippen LogP contribution is 2.26. The average molecular weight is 375 g/mol. The zero-order chi connectivity index (χ0) is 18.9. The van der Waals surface area contributed by atoms with Crippen LogP contribution in [-0.2, 0) is 6.54 Å². The van der Waals surface area contributed by atoms with Gasteiger partial charge in [0.2, 0.25) is 0 Å². The van der Waals surface area contributed by atoms with Crippen LogP contribution < -0.4 is 5.56 Å². The molecule has 8 nitrogen and oxygen atoms in total. The first-order chi connectivity index (χ1) is 13.8. The third-order valence-corrected chi connectivity index (χ3v) is 5.58. The molecule has 0 aliphatic carbocycles. The maximum atomic E-state index is 12.6. The van der Waals surface area contributed by atoms with Gasteiger partial charge >= 0.3 is 0 Å². The fourth-order valence-corrected chi connectivity index (χ4v) is 3.98. The van der Waals surface area contributed by atoms with E-state index >= 15 is 0 Å². The van der Waals surface area contributed by atoms with Gasteiger partial charge in [-0.3, -0.25) is 18.7 Å². The van der Waals surface area contributed by atoms with Crippen LogP contribution in [0.3, 0.4) is 0 Å². The molecule has 0 spiro atoms. The zero-order valence-corrected chi connectivity index (χ0v) is 15.5. The second-order valence-corrected chi connectivity index (χ2v) is 7.24. The van der Waals surface area contributed by atoms with Gasteiger partial charge in [-0.05, 0) is 38.1 Å². The smallest absolute Gasteiger partial charge is 0.261 e. The van der Waals surface area contributed by atoms with E-state index in [0.717, 1.165) is 49.5 Å². The van der Waals surface area contributed by atoms with Crippen LogP contribution in [0.2, 0.25) is 0 Å². The summed E-state index contributed by atoms with van der Waals surface area (Å²) in [7, 11) is 0. The van der Waals surface area contributed by atoms with Crippen LogP contribution in [0.15, 0.2) is 54.0 Å². The Bertz CT molecular complexity index is 1170. The quantitative estimate of drug-likeness (QED) is 0.540. The molecule has 28 heavy (non-hydrogen) atoms. The first kappa shape index (κ1) is 17.0. The van der Waals surface area contributed by atoms with E-state index in [9.17, 15) is 4.79 Å². The van der Waals surface area contributed by atoms with E-state index < -0.39 is 0 Å². The number of nitrogens with zero attached hydrogens (tertiary/aromatic N) is 7. The third kappa shape index (κ3) is 3.05. The summed E-state index contributed by atoms with van der Waals surface area (Å²) in [6, 6.07) is 7.49. The lowest BCUT2D eigenvalue weighted by molar-refractivity contribution is 0.201. The molecular weight excluding hydrogens is 354 g/mol. The minimum atomic E-state index is 0.0315. The molecule has 3 aromatic heterocycles. The predicted molar refractivity (Wildman–Crippen MR) is 105 cm³/mol. The van der Waals surface area contributed by atoms with Gasteiger partial charge in [0.25, 0.3) is 5.56 Å². The van der Waals surface area contributed by atoms with Gasteiger partial charge in [-0.25, -0.2) is 4.98 Å². The van der Waals surface area contributed by atoms with Crippen molar-refractivity contribution in [1.82, 2.24) is 34.0 Å². The van der Waals surface area contributed by atoms with Gasteiger partial charge < -0.3 is 4.90 Å². The lowest BCUT2D eigenvalue weighted by atomic mass is 9.96. The largest absolute Gasteiger partial charge is 0.302 e. The summed E-state index contributed by atoms with van der Waals surface area (Å²) in [6.45, 7) is 3.47. The monoisotopic (exact) mass is 375 g/mol. The van der Waals surface area contributed by atoms with Gasteiger partial charge in [0.1, 0.15) is 5.82 Å². The highest BCUT2D eigenvalue weighted by Gasteiger charge is 2.24. The molecule has 1 fully saturated rings. The highest BCUT2D eigenvalue weighted by molar-refractivity contribution is 5.76. The SMILES string of the molecule is O=c1c2ccccc2ncn1CCN1CCC(c2nnc3cnccn23)CC1. The van der Waals surface area contributed by atoms with E-state index in [0.29, 0.717) is 17.8 Å². The molecule has 8 heteroatoms. The van der Waals surface area contributed by atoms with Gasteiger partial charge in [-0.2, -0.15) is 0 Å². The summed E-state index contributed by atoms with van der Waals surface area (Å²) >= 11 is 0. The van der Waals surface area contributed by atoms with E-state index in [-0.39, 0.29) is 5.56 Å². The van der Waals surface area contributed by atoms with Crippen molar-refractivity contribution in [3.05, 3.63) is 65.4 Å². The van der Waals surface area contributed by atoms with Crippen molar-refractivity contribution in [2.45, 2.75) is 25.3 Å². The molecular formula is C20H21N7O. The molecule has 0 atom stereocenters. The van der Waals surface area contributed by atoms with E-state index in [2.05, 4.69) is 25.1 Å². The maximum absolute atomic E-state index is 12.6. The normalized spacial score (nSPS) is 16.1. The average Bonchev–Trinajstić information content (AvgIpc) is 3.18. The number of hydrogen-bond donors (Lipinski definition) is 0. The van der Waals surface area contributed by atoms with Crippen LogP contribution in [-0.4, -0.2) is 53.7 Å². The highest BCUT2D eigenvalue weighted by atomic mass is 16.1. The molecule has 142 valence electrons. The number of hydrogen-bond acceptors (Lipinski definition) is 6. The molecule has 4 aromatic rings. The summed E-state index contributed by atoms with van der Waals surface area (Å²) in [5, 5.41) is 9.27. The predicted octanol–water partition coefficient (Wildman–Crippen LogP) is 1.71. The molecule has 1 saturated heterocycles.